The molecule has 20 heavy (non-hydrogen) atoms. The first-order chi connectivity index (χ1) is 9.71. The zero-order valence-electron chi connectivity index (χ0n) is 12.4. The van der Waals surface area contributed by atoms with Crippen LogP contribution < -0.4 is 19.7 Å². The van der Waals surface area contributed by atoms with E-state index in [1.54, 1.807) is 19.1 Å². The minimum Gasteiger partial charge on any atom is -0.497 e. The highest BCUT2D eigenvalue weighted by Crippen LogP contribution is 2.38. The highest BCUT2D eigenvalue weighted by Gasteiger charge is 2.25. The van der Waals surface area contributed by atoms with Gasteiger partial charge in [-0.25, -0.2) is 4.79 Å². The number of fused-ring (bicyclic) bond motifs is 1. The third-order valence-electron chi connectivity index (χ3n) is 3.49. The number of amides is 2. The third-order valence-corrected chi connectivity index (χ3v) is 3.49. The molecule has 110 valence electrons. The van der Waals surface area contributed by atoms with Gasteiger partial charge in [0.2, 0.25) is 0 Å². The van der Waals surface area contributed by atoms with Crippen LogP contribution in [0.15, 0.2) is 12.1 Å². The Hall–Kier alpha value is -1.91. The van der Waals surface area contributed by atoms with Crippen molar-refractivity contribution in [3.8, 4) is 11.5 Å². The first-order valence-electron chi connectivity index (χ1n) is 7.01. The number of urea groups is 1. The van der Waals surface area contributed by atoms with Crippen molar-refractivity contribution < 1.29 is 14.3 Å². The Balaban J connectivity index is 2.35. The molecule has 0 radical (unpaired) electrons. The smallest absolute Gasteiger partial charge is 0.321 e. The summed E-state index contributed by atoms with van der Waals surface area (Å²) in [6, 6.07) is 3.72. The van der Waals surface area contributed by atoms with Crippen molar-refractivity contribution >= 4 is 11.7 Å². The maximum absolute atomic E-state index is 12.3. The molecule has 0 spiro atoms. The van der Waals surface area contributed by atoms with Gasteiger partial charge in [0.25, 0.3) is 0 Å². The molecule has 2 amide bonds. The Morgan fingerprint density at radius 3 is 2.80 bits per heavy atom. The van der Waals surface area contributed by atoms with Crippen LogP contribution in [-0.2, 0) is 6.42 Å². The molecule has 1 aromatic rings. The lowest BCUT2D eigenvalue weighted by Crippen LogP contribution is -2.43. The lowest BCUT2D eigenvalue weighted by Gasteiger charge is -2.31. The number of hydrogen-bond donors (Lipinski definition) is 1. The van der Waals surface area contributed by atoms with Gasteiger partial charge in [-0.3, -0.25) is 4.90 Å². The molecule has 0 saturated heterocycles. The van der Waals surface area contributed by atoms with Crippen LogP contribution in [0.1, 0.15) is 25.3 Å². The quantitative estimate of drug-likeness (QED) is 0.921. The number of ether oxygens (including phenoxy) is 2. The average Bonchev–Trinajstić information content (AvgIpc) is 2.50. The summed E-state index contributed by atoms with van der Waals surface area (Å²) in [4.78, 5) is 14.0. The van der Waals surface area contributed by atoms with Crippen molar-refractivity contribution in [2.45, 2.75) is 26.2 Å². The maximum Gasteiger partial charge on any atom is 0.321 e. The second-order valence-electron chi connectivity index (χ2n) is 4.81. The fraction of sp³-hybridized carbons (Fsp3) is 0.533. The second kappa shape index (κ2) is 6.50. The van der Waals surface area contributed by atoms with E-state index in [0.717, 1.165) is 42.8 Å². The van der Waals surface area contributed by atoms with E-state index in [2.05, 4.69) is 5.32 Å². The summed E-state index contributed by atoms with van der Waals surface area (Å²) >= 11 is 0. The van der Waals surface area contributed by atoms with Gasteiger partial charge in [-0.05, 0) is 19.3 Å². The number of nitrogens with zero attached hydrogens (tertiary/aromatic N) is 1. The van der Waals surface area contributed by atoms with Crippen LogP contribution in [0.25, 0.3) is 0 Å². The van der Waals surface area contributed by atoms with Gasteiger partial charge in [-0.2, -0.15) is 0 Å². The van der Waals surface area contributed by atoms with Gasteiger partial charge in [0, 0.05) is 30.8 Å². The van der Waals surface area contributed by atoms with Crippen molar-refractivity contribution in [1.82, 2.24) is 5.32 Å². The second-order valence-corrected chi connectivity index (χ2v) is 4.81. The molecule has 1 heterocycles. The van der Waals surface area contributed by atoms with E-state index in [-0.39, 0.29) is 6.03 Å². The summed E-state index contributed by atoms with van der Waals surface area (Å²) in [6.45, 7) is 3.45. The summed E-state index contributed by atoms with van der Waals surface area (Å²) in [5, 5.41) is 2.92. The third kappa shape index (κ3) is 2.81. The van der Waals surface area contributed by atoms with Crippen LogP contribution in [0.3, 0.4) is 0 Å². The van der Waals surface area contributed by atoms with Crippen LogP contribution >= 0.6 is 0 Å². The SMILES string of the molecule is CCCNC(=O)N1CCCc2c(OC)cc(OC)cc21. The lowest BCUT2D eigenvalue weighted by atomic mass is 10.0. The lowest BCUT2D eigenvalue weighted by molar-refractivity contribution is 0.245. The molecule has 0 unspecified atom stereocenters. The fourth-order valence-electron chi connectivity index (χ4n) is 2.47. The number of methoxy groups -OCH3 is 2. The minimum atomic E-state index is -0.0527. The molecule has 1 N–H and O–H groups in total. The van der Waals surface area contributed by atoms with Crippen molar-refractivity contribution in [3.05, 3.63) is 17.7 Å². The number of carbonyl (C=O) groups is 1. The van der Waals surface area contributed by atoms with Gasteiger partial charge in [0.05, 0.1) is 19.9 Å². The van der Waals surface area contributed by atoms with E-state index < -0.39 is 0 Å². The molecular formula is C15H22N2O3. The predicted octanol–water partition coefficient (Wildman–Crippen LogP) is 2.58. The summed E-state index contributed by atoms with van der Waals surface area (Å²) < 4.78 is 10.7. The van der Waals surface area contributed by atoms with E-state index in [1.165, 1.54) is 0 Å². The first-order valence-corrected chi connectivity index (χ1v) is 7.01. The molecule has 0 fully saturated rings. The zero-order chi connectivity index (χ0) is 14.5. The van der Waals surface area contributed by atoms with E-state index in [0.29, 0.717) is 12.3 Å². The van der Waals surface area contributed by atoms with Gasteiger partial charge < -0.3 is 14.8 Å². The van der Waals surface area contributed by atoms with Gasteiger partial charge in [0.1, 0.15) is 11.5 Å². The van der Waals surface area contributed by atoms with E-state index >= 15 is 0 Å². The van der Waals surface area contributed by atoms with Gasteiger partial charge in [-0.15, -0.1) is 0 Å². The predicted molar refractivity (Wildman–Crippen MR) is 78.9 cm³/mol. The first kappa shape index (κ1) is 14.5. The highest BCUT2D eigenvalue weighted by atomic mass is 16.5. The number of carbonyl (C=O) groups excluding carboxylic acids is 1. The fourth-order valence-corrected chi connectivity index (χ4v) is 2.47. The molecule has 5 heteroatoms. The molecule has 5 nitrogen and oxygen atoms in total. The normalized spacial score (nSPS) is 13.7. The van der Waals surface area contributed by atoms with Crippen molar-refractivity contribution in [2.75, 3.05) is 32.2 Å². The number of nitrogens with one attached hydrogen (secondary N) is 1. The van der Waals surface area contributed by atoms with Gasteiger partial charge in [0.15, 0.2) is 0 Å². The molecule has 1 aliphatic rings. The van der Waals surface area contributed by atoms with Crippen molar-refractivity contribution in [3.63, 3.8) is 0 Å². The molecule has 0 bridgehead atoms. The van der Waals surface area contributed by atoms with Crippen LogP contribution in [0.2, 0.25) is 0 Å². The summed E-state index contributed by atoms with van der Waals surface area (Å²) in [7, 11) is 3.26. The van der Waals surface area contributed by atoms with E-state index in [1.807, 2.05) is 19.1 Å². The average molecular weight is 278 g/mol. The molecule has 0 aliphatic carbocycles. The Morgan fingerprint density at radius 2 is 2.15 bits per heavy atom. The van der Waals surface area contributed by atoms with Crippen LogP contribution in [-0.4, -0.2) is 33.3 Å². The van der Waals surface area contributed by atoms with Crippen molar-refractivity contribution in [2.24, 2.45) is 0 Å². The van der Waals surface area contributed by atoms with Crippen LogP contribution in [0, 0.1) is 0 Å². The molecule has 0 saturated carbocycles. The van der Waals surface area contributed by atoms with Crippen LogP contribution in [0.4, 0.5) is 10.5 Å². The summed E-state index contributed by atoms with van der Waals surface area (Å²) in [6.07, 6.45) is 2.78. The number of anilines is 1. The molecule has 0 atom stereocenters. The summed E-state index contributed by atoms with van der Waals surface area (Å²) in [5.74, 6) is 1.49. The van der Waals surface area contributed by atoms with E-state index in [9.17, 15) is 4.79 Å². The van der Waals surface area contributed by atoms with Gasteiger partial charge in [-0.1, -0.05) is 6.92 Å². The molecule has 1 aromatic carbocycles. The monoisotopic (exact) mass is 278 g/mol. The molecular weight excluding hydrogens is 256 g/mol. The largest absolute Gasteiger partial charge is 0.497 e. The van der Waals surface area contributed by atoms with Gasteiger partial charge >= 0.3 is 6.03 Å². The highest BCUT2D eigenvalue weighted by molar-refractivity contribution is 5.94. The Labute approximate surface area is 119 Å². The topological polar surface area (TPSA) is 50.8 Å². The number of benzene rings is 1. The maximum atomic E-state index is 12.3. The number of hydrogen-bond acceptors (Lipinski definition) is 3. The Kier molecular flexibility index (Phi) is 4.71. The number of rotatable bonds is 4. The molecule has 0 aromatic heterocycles. The Morgan fingerprint density at radius 1 is 1.35 bits per heavy atom. The van der Waals surface area contributed by atoms with Crippen LogP contribution in [0.5, 0.6) is 11.5 Å². The minimum absolute atomic E-state index is 0.0527. The molecule has 2 rings (SSSR count). The van der Waals surface area contributed by atoms with E-state index in [4.69, 9.17) is 9.47 Å². The Bertz CT molecular complexity index is 488. The van der Waals surface area contributed by atoms with Crippen molar-refractivity contribution in [1.29, 1.82) is 0 Å². The summed E-state index contributed by atoms with van der Waals surface area (Å²) in [5.41, 5.74) is 1.97. The zero-order valence-corrected chi connectivity index (χ0v) is 12.4. The molecule has 1 aliphatic heterocycles. The standard InChI is InChI=1S/C15H22N2O3/c1-4-7-16-15(18)17-8-5-6-12-13(17)9-11(19-2)10-14(12)20-3/h9-10H,4-8H2,1-3H3,(H,16,18).